The number of carboxylic acid groups (broad SMARTS) is 2. The molecule has 0 aliphatic rings. The third-order valence-electron chi connectivity index (χ3n) is 11.8. The average molecular weight is 735 g/mol. The largest absolute Gasteiger partial charge is 0.481 e. The van der Waals surface area contributed by atoms with Crippen LogP contribution in [0, 0.1) is 17.3 Å². The Labute approximate surface area is 326 Å². The second-order valence-electron chi connectivity index (χ2n) is 18.0. The van der Waals surface area contributed by atoms with Crippen molar-refractivity contribution in [3.05, 3.63) is 0 Å². The number of hydrogen-bond donors (Lipinski definition) is 2. The summed E-state index contributed by atoms with van der Waals surface area (Å²) >= 11 is 0. The Hall–Kier alpha value is -1.06. The van der Waals surface area contributed by atoms with Gasteiger partial charge >= 0.3 is 11.9 Å². The predicted molar refractivity (Wildman–Crippen MR) is 227 cm³/mol. The van der Waals surface area contributed by atoms with Crippen molar-refractivity contribution in [2.75, 3.05) is 0 Å². The van der Waals surface area contributed by atoms with Gasteiger partial charge in [0.2, 0.25) is 0 Å². The van der Waals surface area contributed by atoms with Gasteiger partial charge in [0.15, 0.2) is 0 Å². The quantitative estimate of drug-likeness (QED) is 0.0612. The lowest BCUT2D eigenvalue weighted by atomic mass is 9.75. The third kappa shape index (κ3) is 35.9. The first-order valence-electron chi connectivity index (χ1n) is 23.6. The topological polar surface area (TPSA) is 74.6 Å². The highest BCUT2D eigenvalue weighted by atomic mass is 16.4. The smallest absolute Gasteiger partial charge is 0.310 e. The molecule has 0 atom stereocenters. The maximum atomic E-state index is 12.4. The Balaban J connectivity index is 3.77. The SMILES string of the molecule is CC(C)CCCCCCCCCCCCCCCCCCCC(CCCCCCCCCCCCCCCCCCCC(C)C)(CC(=O)O)C(=O)O. The molecule has 4 nitrogen and oxygen atoms in total. The van der Waals surface area contributed by atoms with Gasteiger partial charge in [0.1, 0.15) is 0 Å². The number of carbonyl (C=O) groups is 2. The van der Waals surface area contributed by atoms with Crippen molar-refractivity contribution in [2.24, 2.45) is 17.3 Å². The standard InChI is InChI=1S/C48H94O4/c1-44(2)39-35-31-27-23-19-15-11-7-5-9-13-17-21-25-29-33-37-41-48(47(51)52,43-46(49)50)42-38-34-30-26-22-18-14-10-6-8-12-16-20-24-28-32-36-40-45(3)4/h44-45H,5-43H2,1-4H3,(H,49,50)(H,51,52). The summed E-state index contributed by atoms with van der Waals surface area (Å²) in [6.45, 7) is 9.30. The van der Waals surface area contributed by atoms with Crippen LogP contribution in [0.25, 0.3) is 0 Å². The van der Waals surface area contributed by atoms with Crippen molar-refractivity contribution < 1.29 is 19.8 Å². The van der Waals surface area contributed by atoms with Crippen LogP contribution in [0.5, 0.6) is 0 Å². The van der Waals surface area contributed by atoms with Gasteiger partial charge in [-0.2, -0.15) is 0 Å². The molecule has 0 amide bonds. The van der Waals surface area contributed by atoms with E-state index in [0.717, 1.165) is 50.4 Å². The summed E-state index contributed by atoms with van der Waals surface area (Å²) < 4.78 is 0. The van der Waals surface area contributed by atoms with E-state index in [1.165, 1.54) is 193 Å². The summed E-state index contributed by atoms with van der Waals surface area (Å²) in [4.78, 5) is 24.0. The van der Waals surface area contributed by atoms with Crippen LogP contribution in [0.4, 0.5) is 0 Å². The minimum Gasteiger partial charge on any atom is -0.481 e. The van der Waals surface area contributed by atoms with Crippen molar-refractivity contribution in [3.8, 4) is 0 Å². The summed E-state index contributed by atoms with van der Waals surface area (Å²) in [5, 5.41) is 19.7. The fourth-order valence-corrected chi connectivity index (χ4v) is 8.22. The van der Waals surface area contributed by atoms with E-state index in [2.05, 4.69) is 27.7 Å². The van der Waals surface area contributed by atoms with Crippen LogP contribution < -0.4 is 0 Å². The van der Waals surface area contributed by atoms with E-state index in [4.69, 9.17) is 0 Å². The average Bonchev–Trinajstić information content (AvgIpc) is 3.09. The number of aliphatic carboxylic acids is 2. The van der Waals surface area contributed by atoms with E-state index >= 15 is 0 Å². The third-order valence-corrected chi connectivity index (χ3v) is 11.8. The molecule has 4 heteroatoms. The molecule has 0 radical (unpaired) electrons. The van der Waals surface area contributed by atoms with E-state index in [1.54, 1.807) is 0 Å². The Morgan fingerprint density at radius 2 is 0.538 bits per heavy atom. The predicted octanol–water partition coefficient (Wildman–Crippen LogP) is 16.7. The lowest BCUT2D eigenvalue weighted by molar-refractivity contribution is -0.157. The molecule has 0 aromatic heterocycles. The summed E-state index contributed by atoms with van der Waals surface area (Å²) in [6, 6.07) is 0. The van der Waals surface area contributed by atoms with Crippen LogP contribution in [-0.4, -0.2) is 22.2 Å². The Morgan fingerprint density at radius 1 is 0.346 bits per heavy atom. The van der Waals surface area contributed by atoms with Gasteiger partial charge < -0.3 is 10.2 Å². The Bertz CT molecular complexity index is 713. The first-order valence-corrected chi connectivity index (χ1v) is 23.6. The maximum Gasteiger partial charge on any atom is 0.310 e. The Morgan fingerprint density at radius 3 is 0.712 bits per heavy atom. The van der Waals surface area contributed by atoms with Gasteiger partial charge in [-0.1, -0.05) is 259 Å². The molecule has 0 spiro atoms. The van der Waals surface area contributed by atoms with Gasteiger partial charge in [-0.05, 0) is 24.7 Å². The zero-order valence-electron chi connectivity index (χ0n) is 35.9. The van der Waals surface area contributed by atoms with Gasteiger partial charge in [0, 0.05) is 0 Å². The number of rotatable bonds is 43. The molecule has 52 heavy (non-hydrogen) atoms. The van der Waals surface area contributed by atoms with Gasteiger partial charge in [-0.15, -0.1) is 0 Å². The second-order valence-corrected chi connectivity index (χ2v) is 18.0. The molecule has 0 aliphatic heterocycles. The summed E-state index contributed by atoms with van der Waals surface area (Å²) in [6.07, 6.45) is 48.0. The van der Waals surface area contributed by atoms with E-state index in [-0.39, 0.29) is 6.42 Å². The lowest BCUT2D eigenvalue weighted by Crippen LogP contribution is -2.33. The first kappa shape index (κ1) is 50.9. The number of hydrogen-bond acceptors (Lipinski definition) is 2. The molecule has 0 rings (SSSR count). The Kier molecular flexibility index (Phi) is 37.4. The summed E-state index contributed by atoms with van der Waals surface area (Å²) in [5.74, 6) is -0.154. The lowest BCUT2D eigenvalue weighted by Gasteiger charge is -2.28. The van der Waals surface area contributed by atoms with Crippen molar-refractivity contribution in [3.63, 3.8) is 0 Å². The van der Waals surface area contributed by atoms with Gasteiger partial charge in [0.05, 0.1) is 11.8 Å². The van der Waals surface area contributed by atoms with Crippen LogP contribution in [0.15, 0.2) is 0 Å². The van der Waals surface area contributed by atoms with Gasteiger partial charge in [0.25, 0.3) is 0 Å². The molecule has 0 unspecified atom stereocenters. The maximum absolute atomic E-state index is 12.4. The van der Waals surface area contributed by atoms with Gasteiger partial charge in [-0.25, -0.2) is 0 Å². The van der Waals surface area contributed by atoms with Crippen molar-refractivity contribution in [1.29, 1.82) is 0 Å². The van der Waals surface area contributed by atoms with Gasteiger partial charge in [-0.3, -0.25) is 9.59 Å². The molecule has 0 saturated carbocycles. The molecule has 310 valence electrons. The first-order chi connectivity index (χ1) is 25.2. The van der Waals surface area contributed by atoms with Crippen LogP contribution in [0.2, 0.25) is 0 Å². The summed E-state index contributed by atoms with van der Waals surface area (Å²) in [5.41, 5.74) is -1.09. The molecule has 2 N–H and O–H groups in total. The monoisotopic (exact) mass is 735 g/mol. The number of carboxylic acids is 2. The fourth-order valence-electron chi connectivity index (χ4n) is 8.22. The zero-order chi connectivity index (χ0) is 38.4. The normalized spacial score (nSPS) is 12.0. The molecule has 0 aromatic rings. The van der Waals surface area contributed by atoms with Crippen LogP contribution >= 0.6 is 0 Å². The second kappa shape index (κ2) is 38.2. The minimum atomic E-state index is -1.09. The molecule has 0 saturated heterocycles. The van der Waals surface area contributed by atoms with E-state index in [0.29, 0.717) is 12.8 Å². The van der Waals surface area contributed by atoms with E-state index < -0.39 is 17.4 Å². The van der Waals surface area contributed by atoms with Crippen LogP contribution in [-0.2, 0) is 9.59 Å². The fraction of sp³-hybridized carbons (Fsp3) is 0.958. The molecule has 0 aliphatic carbocycles. The number of unbranched alkanes of at least 4 members (excludes halogenated alkanes) is 32. The molecule has 0 bridgehead atoms. The van der Waals surface area contributed by atoms with Crippen molar-refractivity contribution in [1.82, 2.24) is 0 Å². The molecule has 0 aromatic carbocycles. The van der Waals surface area contributed by atoms with Crippen molar-refractivity contribution >= 4 is 11.9 Å². The highest BCUT2D eigenvalue weighted by Gasteiger charge is 2.39. The highest BCUT2D eigenvalue weighted by Crippen LogP contribution is 2.36. The summed E-state index contributed by atoms with van der Waals surface area (Å²) in [7, 11) is 0. The van der Waals surface area contributed by atoms with Crippen LogP contribution in [0.1, 0.15) is 278 Å². The van der Waals surface area contributed by atoms with Crippen LogP contribution in [0.3, 0.4) is 0 Å². The zero-order valence-corrected chi connectivity index (χ0v) is 35.9. The van der Waals surface area contributed by atoms with Crippen molar-refractivity contribution in [2.45, 2.75) is 278 Å². The molecular formula is C48H94O4. The van der Waals surface area contributed by atoms with E-state index in [9.17, 15) is 19.8 Å². The highest BCUT2D eigenvalue weighted by molar-refractivity contribution is 5.81. The minimum absolute atomic E-state index is 0.237. The molecular weight excluding hydrogens is 641 g/mol. The molecule has 0 heterocycles. The molecule has 0 fully saturated rings. The van der Waals surface area contributed by atoms with E-state index in [1.807, 2.05) is 0 Å².